The van der Waals surface area contributed by atoms with Gasteiger partial charge in [0, 0.05) is 5.69 Å². The van der Waals surface area contributed by atoms with Crippen molar-refractivity contribution < 1.29 is 28.5 Å². The van der Waals surface area contributed by atoms with Gasteiger partial charge in [0.1, 0.15) is 5.75 Å². The molecule has 8 heteroatoms. The van der Waals surface area contributed by atoms with Crippen LogP contribution >= 0.6 is 11.6 Å². The third-order valence-corrected chi connectivity index (χ3v) is 3.96. The molecular formula is C19H20ClNO6. The predicted octanol–water partition coefficient (Wildman–Crippen LogP) is 3.55. The summed E-state index contributed by atoms with van der Waals surface area (Å²) < 4.78 is 20.5. The minimum atomic E-state index is -1.02. The zero-order valence-corrected chi connectivity index (χ0v) is 16.1. The molecule has 144 valence electrons. The Morgan fingerprint density at radius 3 is 2.22 bits per heavy atom. The van der Waals surface area contributed by atoms with Gasteiger partial charge < -0.3 is 24.3 Å². The summed E-state index contributed by atoms with van der Waals surface area (Å²) in [6.07, 6.45) is -1.02. The van der Waals surface area contributed by atoms with Gasteiger partial charge in [-0.1, -0.05) is 11.6 Å². The van der Waals surface area contributed by atoms with Crippen molar-refractivity contribution >= 4 is 29.2 Å². The molecule has 0 heterocycles. The summed E-state index contributed by atoms with van der Waals surface area (Å²) in [6.45, 7) is 1.47. The van der Waals surface area contributed by atoms with Gasteiger partial charge in [-0.25, -0.2) is 4.79 Å². The Morgan fingerprint density at radius 2 is 1.67 bits per heavy atom. The summed E-state index contributed by atoms with van der Waals surface area (Å²) in [5.74, 6) is 0.0708. The maximum absolute atomic E-state index is 12.3. The van der Waals surface area contributed by atoms with Gasteiger partial charge in [0.05, 0.1) is 31.9 Å². The third kappa shape index (κ3) is 5.04. The Labute approximate surface area is 162 Å². The van der Waals surface area contributed by atoms with Crippen LogP contribution in [0.5, 0.6) is 17.2 Å². The van der Waals surface area contributed by atoms with Crippen LogP contribution in [0.25, 0.3) is 0 Å². The fourth-order valence-electron chi connectivity index (χ4n) is 2.24. The number of carbonyl (C=O) groups excluding carboxylic acids is 2. The maximum atomic E-state index is 12.3. The molecule has 0 saturated carbocycles. The second-order valence-electron chi connectivity index (χ2n) is 5.46. The molecule has 0 unspecified atom stereocenters. The van der Waals surface area contributed by atoms with Gasteiger partial charge in [-0.15, -0.1) is 0 Å². The highest BCUT2D eigenvalue weighted by atomic mass is 35.5. The Kier molecular flexibility index (Phi) is 6.90. The molecule has 0 spiro atoms. The molecule has 2 aromatic rings. The summed E-state index contributed by atoms with van der Waals surface area (Å²) in [4.78, 5) is 24.6. The molecule has 2 aromatic carbocycles. The van der Waals surface area contributed by atoms with Crippen LogP contribution in [-0.4, -0.2) is 39.3 Å². The van der Waals surface area contributed by atoms with Crippen molar-refractivity contribution in [3.63, 3.8) is 0 Å². The fourth-order valence-corrected chi connectivity index (χ4v) is 2.52. The molecule has 0 aliphatic heterocycles. The molecule has 0 fully saturated rings. The molecule has 1 N–H and O–H groups in total. The van der Waals surface area contributed by atoms with Crippen molar-refractivity contribution in [1.29, 1.82) is 0 Å². The number of amides is 1. The third-order valence-electron chi connectivity index (χ3n) is 3.68. The zero-order valence-electron chi connectivity index (χ0n) is 15.4. The molecule has 27 heavy (non-hydrogen) atoms. The van der Waals surface area contributed by atoms with E-state index in [0.717, 1.165) is 0 Å². The molecule has 1 amide bonds. The van der Waals surface area contributed by atoms with Crippen LogP contribution < -0.4 is 19.5 Å². The Balaban J connectivity index is 2.05. The van der Waals surface area contributed by atoms with E-state index < -0.39 is 18.0 Å². The largest absolute Gasteiger partial charge is 0.497 e. The number of ether oxygens (including phenoxy) is 4. The van der Waals surface area contributed by atoms with Crippen molar-refractivity contribution in [2.75, 3.05) is 26.6 Å². The minimum absolute atomic E-state index is 0.141. The lowest BCUT2D eigenvalue weighted by Gasteiger charge is -2.15. The lowest BCUT2D eigenvalue weighted by atomic mass is 10.2. The van der Waals surface area contributed by atoms with Gasteiger partial charge in [-0.3, -0.25) is 4.79 Å². The number of carbonyl (C=O) groups is 2. The van der Waals surface area contributed by atoms with Crippen LogP contribution in [-0.2, 0) is 9.53 Å². The summed E-state index contributed by atoms with van der Waals surface area (Å²) in [7, 11) is 4.41. The standard InChI is InChI=1S/C19H20ClNO6/c1-11(18(22)21-13-5-7-14(24-2)8-6-13)27-19(23)12-9-15(20)17(26-4)16(10-12)25-3/h5-11H,1-4H3,(H,21,22)/t11-/m0/s1. The number of nitrogens with one attached hydrogen (secondary N) is 1. The number of anilines is 1. The SMILES string of the molecule is COc1ccc(NC(=O)[C@H](C)OC(=O)c2cc(Cl)c(OC)c(OC)c2)cc1. The van der Waals surface area contributed by atoms with Crippen molar-refractivity contribution in [3.05, 3.63) is 47.0 Å². The molecule has 0 radical (unpaired) electrons. The molecular weight excluding hydrogens is 374 g/mol. The highest BCUT2D eigenvalue weighted by Gasteiger charge is 2.21. The normalized spacial score (nSPS) is 11.3. The lowest BCUT2D eigenvalue weighted by molar-refractivity contribution is -0.123. The van der Waals surface area contributed by atoms with Gasteiger partial charge in [-0.2, -0.15) is 0 Å². The molecule has 2 rings (SSSR count). The second kappa shape index (κ2) is 9.14. The highest BCUT2D eigenvalue weighted by Crippen LogP contribution is 2.36. The molecule has 7 nitrogen and oxygen atoms in total. The van der Waals surface area contributed by atoms with Crippen LogP contribution in [0.4, 0.5) is 5.69 Å². The van der Waals surface area contributed by atoms with E-state index in [0.29, 0.717) is 17.2 Å². The molecule has 0 aliphatic rings. The summed E-state index contributed by atoms with van der Waals surface area (Å²) in [5.41, 5.74) is 0.694. The number of benzene rings is 2. The lowest BCUT2D eigenvalue weighted by Crippen LogP contribution is -2.30. The quantitative estimate of drug-likeness (QED) is 0.724. The Bertz CT molecular complexity index is 822. The van der Waals surface area contributed by atoms with E-state index in [1.807, 2.05) is 0 Å². The van der Waals surface area contributed by atoms with Gasteiger partial charge in [-0.05, 0) is 43.3 Å². The number of esters is 1. The van der Waals surface area contributed by atoms with Crippen LogP contribution in [0.15, 0.2) is 36.4 Å². The van der Waals surface area contributed by atoms with E-state index in [9.17, 15) is 9.59 Å². The van der Waals surface area contributed by atoms with Crippen LogP contribution in [0.2, 0.25) is 5.02 Å². The Hall–Kier alpha value is -2.93. The van der Waals surface area contributed by atoms with Gasteiger partial charge in [0.2, 0.25) is 0 Å². The number of methoxy groups -OCH3 is 3. The minimum Gasteiger partial charge on any atom is -0.497 e. The average Bonchev–Trinajstić information content (AvgIpc) is 2.67. The second-order valence-corrected chi connectivity index (χ2v) is 5.87. The van der Waals surface area contributed by atoms with Crippen molar-refractivity contribution in [2.24, 2.45) is 0 Å². The highest BCUT2D eigenvalue weighted by molar-refractivity contribution is 6.32. The van der Waals surface area contributed by atoms with E-state index in [1.165, 1.54) is 33.3 Å². The molecule has 1 atom stereocenters. The zero-order chi connectivity index (χ0) is 20.0. The van der Waals surface area contributed by atoms with E-state index in [1.54, 1.807) is 31.4 Å². The molecule has 0 aliphatic carbocycles. The van der Waals surface area contributed by atoms with Gasteiger partial charge >= 0.3 is 5.97 Å². The van der Waals surface area contributed by atoms with Crippen molar-refractivity contribution in [2.45, 2.75) is 13.0 Å². The number of hydrogen-bond donors (Lipinski definition) is 1. The van der Waals surface area contributed by atoms with Crippen LogP contribution in [0.1, 0.15) is 17.3 Å². The molecule has 0 bridgehead atoms. The number of halogens is 1. The first-order valence-corrected chi connectivity index (χ1v) is 8.34. The van der Waals surface area contributed by atoms with Gasteiger partial charge in [0.15, 0.2) is 17.6 Å². The summed E-state index contributed by atoms with van der Waals surface area (Å²) >= 11 is 6.09. The van der Waals surface area contributed by atoms with Crippen LogP contribution in [0, 0.1) is 0 Å². The Morgan fingerprint density at radius 1 is 1.00 bits per heavy atom. The first-order valence-electron chi connectivity index (χ1n) is 7.97. The first kappa shape index (κ1) is 20.4. The topological polar surface area (TPSA) is 83.1 Å². The monoisotopic (exact) mass is 393 g/mol. The van der Waals surface area contributed by atoms with E-state index in [2.05, 4.69) is 5.32 Å². The van der Waals surface area contributed by atoms with Crippen LogP contribution in [0.3, 0.4) is 0 Å². The average molecular weight is 394 g/mol. The maximum Gasteiger partial charge on any atom is 0.339 e. The first-order chi connectivity index (χ1) is 12.9. The van der Waals surface area contributed by atoms with E-state index in [4.69, 9.17) is 30.5 Å². The summed E-state index contributed by atoms with van der Waals surface area (Å²) in [5, 5.41) is 2.85. The van der Waals surface area contributed by atoms with Gasteiger partial charge in [0.25, 0.3) is 5.91 Å². The van der Waals surface area contributed by atoms with Crippen molar-refractivity contribution in [3.8, 4) is 17.2 Å². The van der Waals surface area contributed by atoms with Crippen molar-refractivity contribution in [1.82, 2.24) is 0 Å². The predicted molar refractivity (Wildman–Crippen MR) is 101 cm³/mol. The summed E-state index contributed by atoms with van der Waals surface area (Å²) in [6, 6.07) is 9.59. The fraction of sp³-hybridized carbons (Fsp3) is 0.263. The molecule has 0 saturated heterocycles. The smallest absolute Gasteiger partial charge is 0.339 e. The van der Waals surface area contributed by atoms with E-state index >= 15 is 0 Å². The molecule has 0 aromatic heterocycles. The number of rotatable bonds is 7. The van der Waals surface area contributed by atoms with E-state index in [-0.39, 0.29) is 16.3 Å². The number of hydrogen-bond acceptors (Lipinski definition) is 6.